The molecule has 1 aromatic heterocycles. The molecule has 2 rings (SSSR count). The molecule has 0 saturated heterocycles. The second-order valence-electron chi connectivity index (χ2n) is 3.91. The van der Waals surface area contributed by atoms with Crippen LogP contribution in [0.1, 0.15) is 25.8 Å². The SMILES string of the molecule is CCOC(C)c1noc(-c2cc(Cl)c(N)c(Cl)c2)n1. The number of hydrogen-bond acceptors (Lipinski definition) is 5. The molecule has 19 heavy (non-hydrogen) atoms. The fourth-order valence-corrected chi connectivity index (χ4v) is 2.04. The predicted molar refractivity (Wildman–Crippen MR) is 74.2 cm³/mol. The first-order chi connectivity index (χ1) is 9.02. The summed E-state index contributed by atoms with van der Waals surface area (Å²) in [6, 6.07) is 3.26. The van der Waals surface area contributed by atoms with Crippen LogP contribution in [-0.4, -0.2) is 16.7 Å². The zero-order chi connectivity index (χ0) is 14.0. The Kier molecular flexibility index (Phi) is 4.29. The van der Waals surface area contributed by atoms with Crippen molar-refractivity contribution < 1.29 is 9.26 Å². The summed E-state index contributed by atoms with van der Waals surface area (Å²) in [7, 11) is 0. The van der Waals surface area contributed by atoms with E-state index in [1.807, 2.05) is 13.8 Å². The van der Waals surface area contributed by atoms with E-state index in [9.17, 15) is 0 Å². The Bertz CT molecular complexity index is 563. The van der Waals surface area contributed by atoms with Crippen molar-refractivity contribution >= 4 is 28.9 Å². The number of anilines is 1. The van der Waals surface area contributed by atoms with Gasteiger partial charge in [-0.3, -0.25) is 0 Å². The molecule has 0 bridgehead atoms. The summed E-state index contributed by atoms with van der Waals surface area (Å²) in [6.45, 7) is 4.32. The Balaban J connectivity index is 2.33. The molecule has 0 aliphatic rings. The van der Waals surface area contributed by atoms with E-state index in [1.165, 1.54) is 0 Å². The maximum Gasteiger partial charge on any atom is 0.258 e. The van der Waals surface area contributed by atoms with Crippen LogP contribution in [0, 0.1) is 0 Å². The highest BCUT2D eigenvalue weighted by Gasteiger charge is 2.16. The highest BCUT2D eigenvalue weighted by atomic mass is 35.5. The Labute approximate surface area is 120 Å². The van der Waals surface area contributed by atoms with Gasteiger partial charge in [-0.1, -0.05) is 28.4 Å². The summed E-state index contributed by atoms with van der Waals surface area (Å²) in [5.41, 5.74) is 6.62. The summed E-state index contributed by atoms with van der Waals surface area (Å²) in [5.74, 6) is 0.797. The molecule has 0 aliphatic heterocycles. The van der Waals surface area contributed by atoms with Crippen LogP contribution in [0.4, 0.5) is 5.69 Å². The highest BCUT2D eigenvalue weighted by molar-refractivity contribution is 6.39. The molecule has 1 aromatic carbocycles. The number of rotatable bonds is 4. The Morgan fingerprint density at radius 1 is 1.37 bits per heavy atom. The summed E-state index contributed by atoms with van der Waals surface area (Å²) in [5, 5.41) is 4.56. The second-order valence-corrected chi connectivity index (χ2v) is 4.72. The van der Waals surface area contributed by atoms with Gasteiger partial charge in [0, 0.05) is 12.2 Å². The van der Waals surface area contributed by atoms with Crippen molar-refractivity contribution in [2.45, 2.75) is 20.0 Å². The van der Waals surface area contributed by atoms with Gasteiger partial charge < -0.3 is 15.0 Å². The van der Waals surface area contributed by atoms with Crippen LogP contribution in [0.25, 0.3) is 11.5 Å². The second kappa shape index (κ2) is 5.77. The van der Waals surface area contributed by atoms with E-state index in [1.54, 1.807) is 12.1 Å². The molecule has 0 amide bonds. The molecule has 5 nitrogen and oxygen atoms in total. The smallest absolute Gasteiger partial charge is 0.258 e. The molecule has 7 heteroatoms. The van der Waals surface area contributed by atoms with Gasteiger partial charge in [0.2, 0.25) is 5.82 Å². The predicted octanol–water partition coefficient (Wildman–Crippen LogP) is 3.72. The largest absolute Gasteiger partial charge is 0.396 e. The molecule has 1 atom stereocenters. The molecule has 2 aromatic rings. The molecule has 0 aliphatic carbocycles. The Hall–Kier alpha value is -1.30. The number of aromatic nitrogens is 2. The third-order valence-electron chi connectivity index (χ3n) is 2.55. The van der Waals surface area contributed by atoms with Crippen LogP contribution in [-0.2, 0) is 4.74 Å². The first-order valence-electron chi connectivity index (χ1n) is 5.73. The van der Waals surface area contributed by atoms with Gasteiger partial charge in [-0.15, -0.1) is 0 Å². The van der Waals surface area contributed by atoms with Crippen LogP contribution in [0.15, 0.2) is 16.7 Å². The summed E-state index contributed by atoms with van der Waals surface area (Å²) in [4.78, 5) is 4.25. The highest BCUT2D eigenvalue weighted by Crippen LogP contribution is 2.33. The van der Waals surface area contributed by atoms with Crippen molar-refractivity contribution in [1.82, 2.24) is 10.1 Å². The monoisotopic (exact) mass is 301 g/mol. The summed E-state index contributed by atoms with van der Waals surface area (Å²) >= 11 is 11.9. The molecular weight excluding hydrogens is 289 g/mol. The third kappa shape index (κ3) is 3.00. The van der Waals surface area contributed by atoms with Crippen molar-refractivity contribution in [2.24, 2.45) is 0 Å². The minimum Gasteiger partial charge on any atom is -0.396 e. The lowest BCUT2D eigenvalue weighted by Gasteiger charge is -2.05. The first-order valence-corrected chi connectivity index (χ1v) is 6.48. The van der Waals surface area contributed by atoms with Gasteiger partial charge in [-0.25, -0.2) is 0 Å². The van der Waals surface area contributed by atoms with Crippen molar-refractivity contribution in [1.29, 1.82) is 0 Å². The number of ether oxygens (including phenoxy) is 1. The van der Waals surface area contributed by atoms with E-state index in [2.05, 4.69) is 10.1 Å². The average molecular weight is 302 g/mol. The van der Waals surface area contributed by atoms with Crippen LogP contribution in [0.2, 0.25) is 10.0 Å². The van der Waals surface area contributed by atoms with Crippen LogP contribution >= 0.6 is 23.2 Å². The van der Waals surface area contributed by atoms with Crippen molar-refractivity contribution in [2.75, 3.05) is 12.3 Å². The quantitative estimate of drug-likeness (QED) is 0.871. The topological polar surface area (TPSA) is 74.2 Å². The fourth-order valence-electron chi connectivity index (χ4n) is 1.55. The van der Waals surface area contributed by atoms with Gasteiger partial charge in [0.15, 0.2) is 0 Å². The van der Waals surface area contributed by atoms with Crippen molar-refractivity contribution in [3.05, 3.63) is 28.0 Å². The molecule has 0 fully saturated rings. The van der Waals surface area contributed by atoms with E-state index >= 15 is 0 Å². The molecule has 0 radical (unpaired) electrons. The summed E-state index contributed by atoms with van der Waals surface area (Å²) in [6.07, 6.45) is -0.234. The van der Waals surface area contributed by atoms with Gasteiger partial charge in [0.1, 0.15) is 6.10 Å². The standard InChI is InChI=1S/C12H13Cl2N3O2/c1-3-18-6(2)11-16-12(19-17-11)7-4-8(13)10(15)9(14)5-7/h4-6H,3,15H2,1-2H3. The number of halogens is 2. The van der Waals surface area contributed by atoms with Crippen LogP contribution < -0.4 is 5.73 Å². The summed E-state index contributed by atoms with van der Waals surface area (Å²) < 4.78 is 10.6. The zero-order valence-electron chi connectivity index (χ0n) is 10.5. The number of nitrogens with two attached hydrogens (primary N) is 1. The van der Waals surface area contributed by atoms with E-state index in [0.717, 1.165) is 0 Å². The fraction of sp³-hybridized carbons (Fsp3) is 0.333. The van der Waals surface area contributed by atoms with Gasteiger partial charge >= 0.3 is 0 Å². The lowest BCUT2D eigenvalue weighted by Crippen LogP contribution is -2.01. The molecule has 1 heterocycles. The lowest BCUT2D eigenvalue weighted by atomic mass is 10.2. The Morgan fingerprint density at radius 2 is 2.00 bits per heavy atom. The molecule has 0 spiro atoms. The van der Waals surface area contributed by atoms with Crippen molar-refractivity contribution in [3.8, 4) is 11.5 Å². The molecular formula is C12H13Cl2N3O2. The van der Waals surface area contributed by atoms with Crippen molar-refractivity contribution in [3.63, 3.8) is 0 Å². The molecule has 0 saturated carbocycles. The van der Waals surface area contributed by atoms with E-state index < -0.39 is 0 Å². The molecule has 1 unspecified atom stereocenters. The van der Waals surface area contributed by atoms with E-state index in [4.69, 9.17) is 38.2 Å². The molecule has 2 N–H and O–H groups in total. The van der Waals surface area contributed by atoms with Crippen LogP contribution in [0.3, 0.4) is 0 Å². The maximum atomic E-state index is 5.96. The lowest BCUT2D eigenvalue weighted by molar-refractivity contribution is 0.0683. The van der Waals surface area contributed by atoms with Crippen LogP contribution in [0.5, 0.6) is 0 Å². The molecule has 102 valence electrons. The number of benzene rings is 1. The van der Waals surface area contributed by atoms with Gasteiger partial charge in [-0.05, 0) is 26.0 Å². The van der Waals surface area contributed by atoms with Gasteiger partial charge in [-0.2, -0.15) is 4.98 Å². The average Bonchev–Trinajstić information content (AvgIpc) is 2.85. The van der Waals surface area contributed by atoms with Gasteiger partial charge in [0.25, 0.3) is 5.89 Å². The number of nitrogen functional groups attached to an aromatic ring is 1. The minimum atomic E-state index is -0.234. The minimum absolute atomic E-state index is 0.234. The number of hydrogen-bond donors (Lipinski definition) is 1. The van der Waals surface area contributed by atoms with E-state index in [-0.39, 0.29) is 6.10 Å². The third-order valence-corrected chi connectivity index (χ3v) is 3.17. The maximum absolute atomic E-state index is 5.96. The zero-order valence-corrected chi connectivity index (χ0v) is 12.0. The van der Waals surface area contributed by atoms with Gasteiger partial charge in [0.05, 0.1) is 15.7 Å². The Morgan fingerprint density at radius 3 is 2.58 bits per heavy atom. The normalized spacial score (nSPS) is 12.6. The number of nitrogens with zero attached hydrogens (tertiary/aromatic N) is 2. The van der Waals surface area contributed by atoms with E-state index in [0.29, 0.717) is 39.6 Å². The first kappa shape index (κ1) is 14.1.